The van der Waals surface area contributed by atoms with Gasteiger partial charge < -0.3 is 19.9 Å². The van der Waals surface area contributed by atoms with E-state index in [9.17, 15) is 4.79 Å². The van der Waals surface area contributed by atoms with Crippen LogP contribution in [0.15, 0.2) is 41.3 Å². The van der Waals surface area contributed by atoms with Gasteiger partial charge in [0, 0.05) is 38.4 Å². The van der Waals surface area contributed by atoms with Crippen molar-refractivity contribution in [2.24, 2.45) is 0 Å². The van der Waals surface area contributed by atoms with E-state index in [1.54, 1.807) is 13.2 Å². The van der Waals surface area contributed by atoms with E-state index < -0.39 is 0 Å². The molecular formula is C18H23N5O2S2. The number of nitrogens with zero attached hydrogens (tertiary/aromatic N) is 4. The standard InChI is InChI=1S/C18H23N5O2S2/c1-3-8-19-17-20-21-18(27-17)26-13-16(24)23-11-9-22(10-12-23)14-4-6-15(25-2)7-5-14/h3-7H,1,8-13H2,2H3,(H,19,20). The molecule has 1 amide bonds. The fraction of sp³-hybridized carbons (Fsp3) is 0.389. The van der Waals surface area contributed by atoms with Crippen LogP contribution in [-0.4, -0.2) is 66.6 Å². The molecule has 1 fully saturated rings. The van der Waals surface area contributed by atoms with Gasteiger partial charge in [0.25, 0.3) is 0 Å². The highest BCUT2D eigenvalue weighted by molar-refractivity contribution is 8.01. The van der Waals surface area contributed by atoms with Crippen LogP contribution in [-0.2, 0) is 4.79 Å². The molecule has 0 unspecified atom stereocenters. The molecule has 0 radical (unpaired) electrons. The third-order valence-electron chi connectivity index (χ3n) is 4.19. The first-order valence-electron chi connectivity index (χ1n) is 8.67. The second-order valence-corrected chi connectivity index (χ2v) is 8.10. The van der Waals surface area contributed by atoms with Crippen molar-refractivity contribution in [1.82, 2.24) is 15.1 Å². The van der Waals surface area contributed by atoms with Crippen molar-refractivity contribution in [2.75, 3.05) is 55.8 Å². The fourth-order valence-electron chi connectivity index (χ4n) is 2.72. The minimum absolute atomic E-state index is 0.144. The normalized spacial score (nSPS) is 14.1. The summed E-state index contributed by atoms with van der Waals surface area (Å²) in [4.78, 5) is 16.7. The fourth-order valence-corrected chi connectivity index (χ4v) is 4.38. The number of hydrogen-bond acceptors (Lipinski definition) is 8. The Hall–Kier alpha value is -2.26. The van der Waals surface area contributed by atoms with Crippen molar-refractivity contribution in [2.45, 2.75) is 4.34 Å². The molecule has 1 aromatic heterocycles. The Kier molecular flexibility index (Phi) is 6.94. The minimum Gasteiger partial charge on any atom is -0.497 e. The first-order valence-corrected chi connectivity index (χ1v) is 10.5. The second-order valence-electron chi connectivity index (χ2n) is 5.90. The average Bonchev–Trinajstić information content (AvgIpc) is 3.18. The zero-order chi connectivity index (χ0) is 19.1. The summed E-state index contributed by atoms with van der Waals surface area (Å²) in [5.74, 6) is 1.38. The van der Waals surface area contributed by atoms with Crippen LogP contribution in [0.4, 0.5) is 10.8 Å². The van der Waals surface area contributed by atoms with Gasteiger partial charge in [-0.15, -0.1) is 16.8 Å². The Bertz CT molecular complexity index is 757. The molecule has 1 N–H and O–H groups in total. The van der Waals surface area contributed by atoms with Gasteiger partial charge in [-0.1, -0.05) is 29.2 Å². The number of piperazine rings is 1. The molecule has 0 bridgehead atoms. The van der Waals surface area contributed by atoms with E-state index in [1.807, 2.05) is 17.0 Å². The number of aromatic nitrogens is 2. The summed E-state index contributed by atoms with van der Waals surface area (Å²) in [6, 6.07) is 8.03. The van der Waals surface area contributed by atoms with Crippen LogP contribution >= 0.6 is 23.1 Å². The van der Waals surface area contributed by atoms with Crippen LogP contribution < -0.4 is 15.0 Å². The van der Waals surface area contributed by atoms with Gasteiger partial charge in [-0.05, 0) is 24.3 Å². The molecule has 0 saturated carbocycles. The zero-order valence-corrected chi connectivity index (χ0v) is 16.9. The Morgan fingerprint density at radius 2 is 2.04 bits per heavy atom. The number of anilines is 2. The van der Waals surface area contributed by atoms with E-state index >= 15 is 0 Å². The van der Waals surface area contributed by atoms with Crippen molar-refractivity contribution >= 4 is 39.8 Å². The lowest BCUT2D eigenvalue weighted by Gasteiger charge is -2.36. The number of methoxy groups -OCH3 is 1. The van der Waals surface area contributed by atoms with Crippen LogP contribution in [0.25, 0.3) is 0 Å². The number of amides is 1. The number of thioether (sulfide) groups is 1. The lowest BCUT2D eigenvalue weighted by Crippen LogP contribution is -2.49. The summed E-state index contributed by atoms with van der Waals surface area (Å²) in [5.41, 5.74) is 1.16. The van der Waals surface area contributed by atoms with Gasteiger partial charge in [0.15, 0.2) is 4.34 Å². The molecule has 9 heteroatoms. The lowest BCUT2D eigenvalue weighted by atomic mass is 10.2. The van der Waals surface area contributed by atoms with Crippen LogP contribution in [0.1, 0.15) is 0 Å². The Morgan fingerprint density at radius 1 is 1.30 bits per heavy atom. The van der Waals surface area contributed by atoms with Gasteiger partial charge in [0.1, 0.15) is 5.75 Å². The largest absolute Gasteiger partial charge is 0.497 e. The molecule has 27 heavy (non-hydrogen) atoms. The predicted octanol–water partition coefficient (Wildman–Crippen LogP) is 2.59. The summed E-state index contributed by atoms with van der Waals surface area (Å²) < 4.78 is 6.00. The quantitative estimate of drug-likeness (QED) is 0.535. The molecule has 3 rings (SSSR count). The van der Waals surface area contributed by atoms with Crippen LogP contribution in [0.5, 0.6) is 5.75 Å². The zero-order valence-electron chi connectivity index (χ0n) is 15.3. The third kappa shape index (κ3) is 5.36. The second kappa shape index (κ2) is 9.61. The number of carbonyl (C=O) groups excluding carboxylic acids is 1. The first-order chi connectivity index (χ1) is 13.2. The average molecular weight is 406 g/mol. The smallest absolute Gasteiger partial charge is 0.233 e. The molecule has 7 nitrogen and oxygen atoms in total. The number of carbonyl (C=O) groups is 1. The van der Waals surface area contributed by atoms with Gasteiger partial charge in [-0.3, -0.25) is 4.79 Å². The predicted molar refractivity (Wildman–Crippen MR) is 111 cm³/mol. The number of benzene rings is 1. The Morgan fingerprint density at radius 3 is 2.70 bits per heavy atom. The summed E-state index contributed by atoms with van der Waals surface area (Å²) in [6.07, 6.45) is 1.77. The molecule has 0 aliphatic carbocycles. The summed E-state index contributed by atoms with van der Waals surface area (Å²) in [6.45, 7) is 7.43. The highest BCUT2D eigenvalue weighted by Gasteiger charge is 2.21. The van der Waals surface area contributed by atoms with Crippen molar-refractivity contribution in [1.29, 1.82) is 0 Å². The Labute approximate surface area is 167 Å². The van der Waals surface area contributed by atoms with Crippen LogP contribution in [0.2, 0.25) is 0 Å². The van der Waals surface area contributed by atoms with Gasteiger partial charge >= 0.3 is 0 Å². The Balaban J connectivity index is 1.44. The number of ether oxygens (including phenoxy) is 1. The monoisotopic (exact) mass is 405 g/mol. The van der Waals surface area contributed by atoms with Crippen LogP contribution in [0.3, 0.4) is 0 Å². The molecule has 2 aromatic rings. The van der Waals surface area contributed by atoms with E-state index in [0.717, 1.165) is 47.1 Å². The molecule has 2 heterocycles. The molecule has 1 aliphatic rings. The molecular weight excluding hydrogens is 382 g/mol. The number of nitrogens with one attached hydrogen (secondary N) is 1. The number of hydrogen-bond donors (Lipinski definition) is 1. The third-order valence-corrected chi connectivity index (χ3v) is 6.19. The summed E-state index contributed by atoms with van der Waals surface area (Å²) in [7, 11) is 1.66. The lowest BCUT2D eigenvalue weighted by molar-refractivity contribution is -0.128. The van der Waals surface area contributed by atoms with E-state index in [-0.39, 0.29) is 5.91 Å². The van der Waals surface area contributed by atoms with Crippen molar-refractivity contribution < 1.29 is 9.53 Å². The highest BCUT2D eigenvalue weighted by atomic mass is 32.2. The van der Waals surface area contributed by atoms with Crippen molar-refractivity contribution in [3.8, 4) is 5.75 Å². The van der Waals surface area contributed by atoms with Crippen molar-refractivity contribution in [3.05, 3.63) is 36.9 Å². The molecule has 0 atom stereocenters. The van der Waals surface area contributed by atoms with Crippen molar-refractivity contribution in [3.63, 3.8) is 0 Å². The van der Waals surface area contributed by atoms with E-state index in [4.69, 9.17) is 4.74 Å². The molecule has 1 aromatic carbocycles. The maximum absolute atomic E-state index is 12.5. The SMILES string of the molecule is C=CCNc1nnc(SCC(=O)N2CCN(c3ccc(OC)cc3)CC2)s1. The molecule has 1 saturated heterocycles. The maximum atomic E-state index is 12.5. The topological polar surface area (TPSA) is 70.6 Å². The molecule has 144 valence electrons. The molecule has 0 spiro atoms. The van der Waals surface area contributed by atoms with E-state index in [1.165, 1.54) is 23.1 Å². The summed E-state index contributed by atoms with van der Waals surface area (Å²) >= 11 is 2.89. The van der Waals surface area contributed by atoms with Gasteiger partial charge in [0.05, 0.1) is 12.9 Å². The van der Waals surface area contributed by atoms with Gasteiger partial charge in [-0.2, -0.15) is 0 Å². The van der Waals surface area contributed by atoms with E-state index in [2.05, 4.69) is 39.1 Å². The van der Waals surface area contributed by atoms with E-state index in [0.29, 0.717) is 12.3 Å². The first kappa shape index (κ1) is 19.5. The van der Waals surface area contributed by atoms with Gasteiger partial charge in [-0.25, -0.2) is 0 Å². The highest BCUT2D eigenvalue weighted by Crippen LogP contribution is 2.26. The summed E-state index contributed by atoms with van der Waals surface area (Å²) in [5, 5.41) is 12.0. The van der Waals surface area contributed by atoms with Crippen LogP contribution in [0, 0.1) is 0 Å². The number of rotatable bonds is 8. The minimum atomic E-state index is 0.144. The molecule has 1 aliphatic heterocycles. The maximum Gasteiger partial charge on any atom is 0.233 e. The van der Waals surface area contributed by atoms with Gasteiger partial charge in [0.2, 0.25) is 11.0 Å².